The highest BCUT2D eigenvalue weighted by Crippen LogP contribution is 2.23. The number of carbonyl (C=O) groups is 1. The van der Waals surface area contributed by atoms with Gasteiger partial charge in [-0.1, -0.05) is 30.4 Å². The Morgan fingerprint density at radius 2 is 1.81 bits per heavy atom. The van der Waals surface area contributed by atoms with Gasteiger partial charge in [-0.2, -0.15) is 0 Å². The summed E-state index contributed by atoms with van der Waals surface area (Å²) in [4.78, 5) is 14.4. The molecule has 1 amide bonds. The van der Waals surface area contributed by atoms with Gasteiger partial charge in [0.05, 0.1) is 4.99 Å². The van der Waals surface area contributed by atoms with Crippen LogP contribution in [0.5, 0.6) is 0 Å². The molecule has 1 aromatic carbocycles. The fourth-order valence-corrected chi connectivity index (χ4v) is 2.18. The number of anilines is 1. The van der Waals surface area contributed by atoms with E-state index in [9.17, 15) is 13.2 Å². The average Bonchev–Trinajstić information content (AvgIpc) is 2.38. The number of sulfone groups is 1. The highest BCUT2D eigenvalue weighted by Gasteiger charge is 2.41. The number of thiocarbonyl (C=S) groups is 1. The number of para-hydroxylation sites is 1. The fourth-order valence-electron chi connectivity index (χ4n) is 1.66. The molecule has 0 aliphatic heterocycles. The van der Waals surface area contributed by atoms with Crippen molar-refractivity contribution in [2.24, 2.45) is 5.73 Å². The third-order valence-electron chi connectivity index (χ3n) is 3.34. The molecular formula is C14H20N2O3S2. The van der Waals surface area contributed by atoms with E-state index in [4.69, 9.17) is 18.0 Å². The van der Waals surface area contributed by atoms with E-state index < -0.39 is 20.5 Å². The van der Waals surface area contributed by atoms with E-state index >= 15 is 0 Å². The van der Waals surface area contributed by atoms with Crippen LogP contribution in [0.4, 0.5) is 5.69 Å². The lowest BCUT2D eigenvalue weighted by molar-refractivity contribution is -0.120. The molecule has 0 saturated heterocycles. The smallest absolute Gasteiger partial charge is 0.247 e. The summed E-state index contributed by atoms with van der Waals surface area (Å²) in [5.41, 5.74) is 6.11. The molecule has 0 bridgehead atoms. The van der Waals surface area contributed by atoms with Crippen LogP contribution in [-0.2, 0) is 14.6 Å². The lowest BCUT2D eigenvalue weighted by Gasteiger charge is -2.30. The summed E-state index contributed by atoms with van der Waals surface area (Å²) in [5, 5.41) is 0. The number of nitrogens with two attached hydrogens (primary N) is 1. The number of amides is 1. The first kappa shape index (κ1) is 17.6. The normalized spacial score (nSPS) is 12.0. The fraction of sp³-hybridized carbons (Fsp3) is 0.429. The molecule has 0 aliphatic rings. The van der Waals surface area contributed by atoms with Crippen LogP contribution in [0.2, 0.25) is 0 Å². The van der Waals surface area contributed by atoms with Crippen LogP contribution >= 0.6 is 12.2 Å². The average molecular weight is 328 g/mol. The SMILES string of the molecule is CC(C)(C(=O)N(CCC(N)=S)c1ccccc1)S(C)(=O)=O. The summed E-state index contributed by atoms with van der Waals surface area (Å²) in [6.45, 7) is 3.06. The molecule has 0 aliphatic carbocycles. The summed E-state index contributed by atoms with van der Waals surface area (Å²) in [7, 11) is -3.55. The number of carbonyl (C=O) groups excluding carboxylic acids is 1. The molecule has 0 atom stereocenters. The first-order chi connectivity index (χ1) is 9.57. The molecule has 21 heavy (non-hydrogen) atoms. The molecule has 0 heterocycles. The second-order valence-electron chi connectivity index (χ2n) is 5.29. The Labute approximate surface area is 131 Å². The lowest BCUT2D eigenvalue weighted by atomic mass is 10.1. The molecule has 1 aromatic rings. The zero-order valence-corrected chi connectivity index (χ0v) is 14.0. The summed E-state index contributed by atoms with van der Waals surface area (Å²) in [6, 6.07) is 8.88. The first-order valence-corrected chi connectivity index (χ1v) is 8.72. The van der Waals surface area contributed by atoms with Crippen LogP contribution in [0.25, 0.3) is 0 Å². The van der Waals surface area contributed by atoms with E-state index in [2.05, 4.69) is 0 Å². The predicted octanol–water partition coefficient (Wildman–Crippen LogP) is 1.52. The van der Waals surface area contributed by atoms with Gasteiger partial charge in [-0.05, 0) is 26.0 Å². The van der Waals surface area contributed by atoms with Gasteiger partial charge in [0, 0.05) is 24.9 Å². The molecule has 116 valence electrons. The predicted molar refractivity (Wildman–Crippen MR) is 89.1 cm³/mol. The summed E-state index contributed by atoms with van der Waals surface area (Å²) in [6.07, 6.45) is 1.39. The molecule has 0 aromatic heterocycles. The Kier molecular flexibility index (Phi) is 5.47. The van der Waals surface area contributed by atoms with Crippen LogP contribution in [0.1, 0.15) is 20.3 Å². The van der Waals surface area contributed by atoms with Crippen molar-refractivity contribution >= 4 is 38.6 Å². The van der Waals surface area contributed by atoms with Gasteiger partial charge in [0.25, 0.3) is 0 Å². The maximum absolute atomic E-state index is 12.7. The third kappa shape index (κ3) is 4.25. The van der Waals surface area contributed by atoms with Crippen LogP contribution < -0.4 is 10.6 Å². The number of hydrogen-bond acceptors (Lipinski definition) is 4. The molecule has 0 spiro atoms. The van der Waals surface area contributed by atoms with E-state index in [1.54, 1.807) is 24.3 Å². The quantitative estimate of drug-likeness (QED) is 0.801. The summed E-state index contributed by atoms with van der Waals surface area (Å²) < 4.78 is 22.2. The van der Waals surface area contributed by atoms with Crippen molar-refractivity contribution in [3.05, 3.63) is 30.3 Å². The van der Waals surface area contributed by atoms with Crippen molar-refractivity contribution in [2.75, 3.05) is 17.7 Å². The van der Waals surface area contributed by atoms with Crippen molar-refractivity contribution in [3.63, 3.8) is 0 Å². The van der Waals surface area contributed by atoms with Crippen molar-refractivity contribution in [1.29, 1.82) is 0 Å². The number of benzene rings is 1. The second kappa shape index (κ2) is 6.53. The van der Waals surface area contributed by atoms with Gasteiger partial charge in [-0.3, -0.25) is 4.79 Å². The zero-order valence-electron chi connectivity index (χ0n) is 12.4. The minimum atomic E-state index is -3.55. The molecule has 0 fully saturated rings. The molecular weight excluding hydrogens is 308 g/mol. The topological polar surface area (TPSA) is 80.5 Å². The highest BCUT2D eigenvalue weighted by molar-refractivity contribution is 7.92. The van der Waals surface area contributed by atoms with E-state index in [1.807, 2.05) is 6.07 Å². The van der Waals surface area contributed by atoms with Crippen LogP contribution in [-0.4, -0.2) is 36.9 Å². The van der Waals surface area contributed by atoms with Crippen LogP contribution in [0.3, 0.4) is 0 Å². The van der Waals surface area contributed by atoms with Gasteiger partial charge in [-0.25, -0.2) is 8.42 Å². The third-order valence-corrected chi connectivity index (χ3v) is 5.57. The summed E-state index contributed by atoms with van der Waals surface area (Å²) >= 11 is 4.84. The molecule has 5 nitrogen and oxygen atoms in total. The number of hydrogen-bond donors (Lipinski definition) is 1. The van der Waals surface area contributed by atoms with Gasteiger partial charge in [0.2, 0.25) is 5.91 Å². The minimum Gasteiger partial charge on any atom is -0.393 e. The van der Waals surface area contributed by atoms with Crippen LogP contribution in [0.15, 0.2) is 30.3 Å². The molecule has 1 rings (SSSR count). The van der Waals surface area contributed by atoms with Crippen molar-refractivity contribution in [2.45, 2.75) is 25.0 Å². The number of rotatable bonds is 6. The largest absolute Gasteiger partial charge is 0.393 e. The van der Waals surface area contributed by atoms with Gasteiger partial charge < -0.3 is 10.6 Å². The molecule has 0 saturated carbocycles. The highest BCUT2D eigenvalue weighted by atomic mass is 32.2. The Bertz CT molecular complexity index is 625. The Morgan fingerprint density at radius 1 is 1.29 bits per heavy atom. The standard InChI is InChI=1S/C14H20N2O3S2/c1-14(2,21(3,18)19)13(17)16(10-9-12(15)20)11-7-5-4-6-8-11/h4-8H,9-10H2,1-3H3,(H2,15,20). The number of nitrogens with zero attached hydrogens (tertiary/aromatic N) is 1. The molecule has 7 heteroatoms. The van der Waals surface area contributed by atoms with Crippen LogP contribution in [0, 0.1) is 0 Å². The van der Waals surface area contributed by atoms with Gasteiger partial charge >= 0.3 is 0 Å². The molecule has 0 unspecified atom stereocenters. The maximum Gasteiger partial charge on any atom is 0.247 e. The van der Waals surface area contributed by atoms with Gasteiger partial charge in [0.1, 0.15) is 4.75 Å². The zero-order chi connectivity index (χ0) is 16.3. The van der Waals surface area contributed by atoms with Crippen molar-refractivity contribution in [3.8, 4) is 0 Å². The Morgan fingerprint density at radius 3 is 2.24 bits per heavy atom. The second-order valence-corrected chi connectivity index (χ2v) is 8.38. The van der Waals surface area contributed by atoms with Crippen molar-refractivity contribution in [1.82, 2.24) is 0 Å². The monoisotopic (exact) mass is 328 g/mol. The molecule has 0 radical (unpaired) electrons. The minimum absolute atomic E-state index is 0.247. The van der Waals surface area contributed by atoms with E-state index in [0.29, 0.717) is 12.1 Å². The molecule has 2 N–H and O–H groups in total. The van der Waals surface area contributed by atoms with E-state index in [-0.39, 0.29) is 11.5 Å². The first-order valence-electron chi connectivity index (χ1n) is 6.42. The summed E-state index contributed by atoms with van der Waals surface area (Å²) in [5.74, 6) is -0.493. The lowest BCUT2D eigenvalue weighted by Crippen LogP contribution is -2.50. The Hall–Kier alpha value is -1.47. The van der Waals surface area contributed by atoms with E-state index in [1.165, 1.54) is 18.7 Å². The Balaban J connectivity index is 3.19. The van der Waals surface area contributed by atoms with Gasteiger partial charge in [-0.15, -0.1) is 0 Å². The maximum atomic E-state index is 12.7. The van der Waals surface area contributed by atoms with Crippen molar-refractivity contribution < 1.29 is 13.2 Å². The van der Waals surface area contributed by atoms with Gasteiger partial charge in [0.15, 0.2) is 9.84 Å². The van der Waals surface area contributed by atoms with E-state index in [0.717, 1.165) is 6.26 Å².